The van der Waals surface area contributed by atoms with Crippen LogP contribution >= 0.6 is 11.8 Å². The molecular formula is C18H21N3O2S. The maximum absolute atomic E-state index is 12.1. The van der Waals surface area contributed by atoms with E-state index in [1.54, 1.807) is 0 Å². The van der Waals surface area contributed by atoms with Gasteiger partial charge in [0.15, 0.2) is 5.16 Å². The summed E-state index contributed by atoms with van der Waals surface area (Å²) < 4.78 is 5.89. The van der Waals surface area contributed by atoms with Crippen molar-refractivity contribution in [2.45, 2.75) is 38.3 Å². The number of nitrogens with zero attached hydrogens (tertiary/aromatic N) is 2. The minimum Gasteiger partial charge on any atom is -0.493 e. The molecule has 1 aromatic heterocycles. The number of nitriles is 1. The summed E-state index contributed by atoms with van der Waals surface area (Å²) in [5, 5.41) is 9.85. The first-order valence-corrected chi connectivity index (χ1v) is 9.15. The van der Waals surface area contributed by atoms with Gasteiger partial charge in [-0.15, -0.1) is 0 Å². The van der Waals surface area contributed by atoms with E-state index in [0.29, 0.717) is 28.8 Å². The number of rotatable bonds is 7. The minimum absolute atomic E-state index is 0.0109. The van der Waals surface area contributed by atoms with E-state index in [1.165, 1.54) is 11.8 Å². The second kappa shape index (κ2) is 8.55. The van der Waals surface area contributed by atoms with Crippen molar-refractivity contribution < 1.29 is 4.74 Å². The summed E-state index contributed by atoms with van der Waals surface area (Å²) in [6.45, 7) is 4.70. The van der Waals surface area contributed by atoms with E-state index in [0.717, 1.165) is 24.8 Å². The maximum atomic E-state index is 12.1. The highest BCUT2D eigenvalue weighted by Gasteiger charge is 2.17. The first-order chi connectivity index (χ1) is 11.6. The number of thioether (sulfide) groups is 1. The van der Waals surface area contributed by atoms with Crippen LogP contribution in [0.25, 0.3) is 11.3 Å². The minimum atomic E-state index is -0.426. The van der Waals surface area contributed by atoms with Crippen LogP contribution in [0.15, 0.2) is 28.2 Å². The van der Waals surface area contributed by atoms with Crippen LogP contribution in [0.5, 0.6) is 5.75 Å². The molecule has 6 heteroatoms. The molecule has 24 heavy (non-hydrogen) atoms. The molecule has 0 atom stereocenters. The van der Waals surface area contributed by atoms with E-state index in [4.69, 9.17) is 4.74 Å². The number of hydrogen-bond acceptors (Lipinski definition) is 5. The molecule has 0 fully saturated rings. The molecule has 0 bridgehead atoms. The Bertz CT molecular complexity index is 809. The third kappa shape index (κ3) is 4.18. The molecule has 0 aliphatic heterocycles. The predicted molar refractivity (Wildman–Crippen MR) is 96.5 cm³/mol. The van der Waals surface area contributed by atoms with Crippen LogP contribution in [0.1, 0.15) is 37.3 Å². The number of hydrogen-bond donors (Lipinski definition) is 1. The van der Waals surface area contributed by atoms with Gasteiger partial charge in [-0.25, -0.2) is 4.98 Å². The lowest BCUT2D eigenvalue weighted by molar-refractivity contribution is 0.307. The lowest BCUT2D eigenvalue weighted by Gasteiger charge is -2.13. The Balaban J connectivity index is 2.51. The van der Waals surface area contributed by atoms with Gasteiger partial charge in [-0.2, -0.15) is 5.26 Å². The molecule has 0 radical (unpaired) electrons. The molecule has 0 saturated heterocycles. The molecule has 0 unspecified atom stereocenters. The van der Waals surface area contributed by atoms with Crippen molar-refractivity contribution in [1.82, 2.24) is 9.97 Å². The zero-order chi connectivity index (χ0) is 17.5. The zero-order valence-corrected chi connectivity index (χ0v) is 15.0. The van der Waals surface area contributed by atoms with E-state index < -0.39 is 5.56 Å². The van der Waals surface area contributed by atoms with Gasteiger partial charge in [0, 0.05) is 5.56 Å². The number of aromatic amines is 1. The van der Waals surface area contributed by atoms with Crippen LogP contribution in [0.4, 0.5) is 0 Å². The van der Waals surface area contributed by atoms with Gasteiger partial charge in [0.1, 0.15) is 23.1 Å². The second-order valence-electron chi connectivity index (χ2n) is 5.47. The number of aryl methyl sites for hydroxylation is 1. The van der Waals surface area contributed by atoms with Crippen LogP contribution in [0, 0.1) is 18.3 Å². The van der Waals surface area contributed by atoms with Crippen LogP contribution in [0.2, 0.25) is 0 Å². The van der Waals surface area contributed by atoms with Gasteiger partial charge < -0.3 is 9.72 Å². The van der Waals surface area contributed by atoms with Crippen LogP contribution < -0.4 is 10.3 Å². The lowest BCUT2D eigenvalue weighted by Crippen LogP contribution is -2.15. The largest absolute Gasteiger partial charge is 0.493 e. The number of aromatic nitrogens is 2. The Morgan fingerprint density at radius 3 is 2.83 bits per heavy atom. The average Bonchev–Trinajstić information content (AvgIpc) is 2.59. The summed E-state index contributed by atoms with van der Waals surface area (Å²) in [4.78, 5) is 19.2. The summed E-state index contributed by atoms with van der Waals surface area (Å²) in [7, 11) is 0. The van der Waals surface area contributed by atoms with E-state index in [1.807, 2.05) is 37.4 Å². The van der Waals surface area contributed by atoms with Crippen molar-refractivity contribution in [3.8, 4) is 23.1 Å². The van der Waals surface area contributed by atoms with Crippen LogP contribution in [0.3, 0.4) is 0 Å². The highest BCUT2D eigenvalue weighted by molar-refractivity contribution is 7.98. The number of ether oxygens (including phenoxy) is 1. The smallest absolute Gasteiger partial charge is 0.270 e. The number of H-pyrrole nitrogens is 1. The van der Waals surface area contributed by atoms with Gasteiger partial charge in [0.2, 0.25) is 0 Å². The summed E-state index contributed by atoms with van der Waals surface area (Å²) in [6, 6.07) is 7.70. The number of benzene rings is 1. The van der Waals surface area contributed by atoms with Gasteiger partial charge in [-0.05, 0) is 31.7 Å². The first-order valence-electron chi connectivity index (χ1n) is 7.93. The van der Waals surface area contributed by atoms with Gasteiger partial charge in [0.05, 0.1) is 6.61 Å². The van der Waals surface area contributed by atoms with Crippen molar-refractivity contribution in [2.24, 2.45) is 0 Å². The van der Waals surface area contributed by atoms with Gasteiger partial charge >= 0.3 is 0 Å². The topological polar surface area (TPSA) is 78.8 Å². The van der Waals surface area contributed by atoms with Crippen LogP contribution in [-0.2, 0) is 0 Å². The lowest BCUT2D eigenvalue weighted by atomic mass is 10.0. The fourth-order valence-electron chi connectivity index (χ4n) is 2.34. The number of nitrogens with one attached hydrogen (secondary N) is 1. The molecule has 2 aromatic rings. The molecule has 0 aliphatic carbocycles. The second-order valence-corrected chi connectivity index (χ2v) is 6.26. The summed E-state index contributed by atoms with van der Waals surface area (Å²) in [5.74, 6) is 0.651. The Morgan fingerprint density at radius 2 is 2.17 bits per heavy atom. The average molecular weight is 343 g/mol. The van der Waals surface area contributed by atoms with E-state index in [2.05, 4.69) is 16.9 Å². The standard InChI is InChI=1S/C18H21N3O2S/c1-4-5-6-9-23-15-8-7-12(2)10-13(15)16-14(11-19)17(22)21-18(20-16)24-3/h7-8,10H,4-6,9H2,1-3H3,(H,20,21,22). The molecule has 5 nitrogen and oxygen atoms in total. The molecular weight excluding hydrogens is 322 g/mol. The molecule has 1 heterocycles. The monoisotopic (exact) mass is 343 g/mol. The first kappa shape index (κ1) is 18.1. The molecule has 2 rings (SSSR count). The SMILES string of the molecule is CCCCCOc1ccc(C)cc1-c1nc(SC)[nH]c(=O)c1C#N. The van der Waals surface area contributed by atoms with Crippen molar-refractivity contribution in [3.63, 3.8) is 0 Å². The normalized spacial score (nSPS) is 10.4. The van der Waals surface area contributed by atoms with Crippen molar-refractivity contribution in [2.75, 3.05) is 12.9 Å². The van der Waals surface area contributed by atoms with Crippen molar-refractivity contribution in [1.29, 1.82) is 5.26 Å². The fourth-order valence-corrected chi connectivity index (χ4v) is 2.71. The molecule has 1 aromatic carbocycles. The summed E-state index contributed by atoms with van der Waals surface area (Å²) in [5.41, 5.74) is 1.66. The van der Waals surface area contributed by atoms with Gasteiger partial charge in [-0.3, -0.25) is 4.79 Å². The third-order valence-electron chi connectivity index (χ3n) is 3.60. The quantitative estimate of drug-likeness (QED) is 0.468. The third-order valence-corrected chi connectivity index (χ3v) is 4.18. The Morgan fingerprint density at radius 1 is 1.38 bits per heavy atom. The summed E-state index contributed by atoms with van der Waals surface area (Å²) >= 11 is 1.33. The zero-order valence-electron chi connectivity index (χ0n) is 14.2. The molecule has 0 aliphatic rings. The molecule has 0 saturated carbocycles. The molecule has 0 amide bonds. The van der Waals surface area contributed by atoms with E-state index in [9.17, 15) is 10.1 Å². The predicted octanol–water partition coefficient (Wildman–Crippen LogP) is 3.91. The molecule has 1 N–H and O–H groups in total. The van der Waals surface area contributed by atoms with Crippen molar-refractivity contribution >= 4 is 11.8 Å². The fraction of sp³-hybridized carbons (Fsp3) is 0.389. The maximum Gasteiger partial charge on any atom is 0.270 e. The van der Waals surface area contributed by atoms with E-state index in [-0.39, 0.29) is 5.56 Å². The Hall–Kier alpha value is -2.26. The van der Waals surface area contributed by atoms with E-state index >= 15 is 0 Å². The highest BCUT2D eigenvalue weighted by Crippen LogP contribution is 2.31. The van der Waals surface area contributed by atoms with Gasteiger partial charge in [0.25, 0.3) is 5.56 Å². The number of unbranched alkanes of at least 4 members (excludes halogenated alkanes) is 2. The Labute approximate surface area is 146 Å². The van der Waals surface area contributed by atoms with Gasteiger partial charge in [-0.1, -0.05) is 43.2 Å². The summed E-state index contributed by atoms with van der Waals surface area (Å²) in [6.07, 6.45) is 5.01. The molecule has 126 valence electrons. The highest BCUT2D eigenvalue weighted by atomic mass is 32.2. The Kier molecular flexibility index (Phi) is 6.44. The van der Waals surface area contributed by atoms with Crippen molar-refractivity contribution in [3.05, 3.63) is 39.7 Å². The molecule has 0 spiro atoms. The van der Waals surface area contributed by atoms with Crippen LogP contribution in [-0.4, -0.2) is 22.8 Å².